The fourth-order valence-corrected chi connectivity index (χ4v) is 1.90. The molecule has 2 amide bonds. The summed E-state index contributed by atoms with van der Waals surface area (Å²) >= 11 is 0. The molecular formula is C15H18N2O6. The van der Waals surface area contributed by atoms with E-state index in [1.54, 1.807) is 19.1 Å². The highest BCUT2D eigenvalue weighted by Gasteiger charge is 2.24. The van der Waals surface area contributed by atoms with Gasteiger partial charge in [0.1, 0.15) is 6.04 Å². The normalized spacial score (nSPS) is 11.3. The van der Waals surface area contributed by atoms with E-state index >= 15 is 0 Å². The van der Waals surface area contributed by atoms with E-state index in [-0.39, 0.29) is 17.5 Å². The average Bonchev–Trinajstić information content (AvgIpc) is 2.50. The van der Waals surface area contributed by atoms with Gasteiger partial charge in [-0.05, 0) is 25.5 Å². The fraction of sp³-hybridized carbons (Fsp3) is 0.333. The Hall–Kier alpha value is -2.90. The van der Waals surface area contributed by atoms with Gasteiger partial charge >= 0.3 is 11.9 Å². The molecule has 0 saturated carbocycles. The standard InChI is InChI=1S/C15H18N2O6/c1-2-16-13(20)9-5-3-4-6-10(9)14(21)17-11(15(22)23)7-8-12(18)19/h3-6,11H,2,7-8H2,1H3,(H,16,20)(H,17,21)(H,18,19)(H,22,23)/t11-/m0/s1. The molecule has 0 heterocycles. The summed E-state index contributed by atoms with van der Waals surface area (Å²) in [5.41, 5.74) is 0.147. The van der Waals surface area contributed by atoms with Crippen molar-refractivity contribution < 1.29 is 29.4 Å². The number of rotatable bonds is 8. The Balaban J connectivity index is 2.93. The minimum atomic E-state index is -1.35. The highest BCUT2D eigenvalue weighted by molar-refractivity contribution is 6.07. The molecule has 0 bridgehead atoms. The molecule has 1 atom stereocenters. The van der Waals surface area contributed by atoms with Crippen LogP contribution in [0.1, 0.15) is 40.5 Å². The molecule has 0 spiro atoms. The fourth-order valence-electron chi connectivity index (χ4n) is 1.90. The van der Waals surface area contributed by atoms with Gasteiger partial charge in [0.25, 0.3) is 11.8 Å². The van der Waals surface area contributed by atoms with Crippen molar-refractivity contribution in [2.45, 2.75) is 25.8 Å². The Morgan fingerprint density at radius 3 is 2.09 bits per heavy atom. The third-order valence-corrected chi connectivity index (χ3v) is 3.00. The van der Waals surface area contributed by atoms with Crippen molar-refractivity contribution in [3.8, 4) is 0 Å². The minimum Gasteiger partial charge on any atom is -0.481 e. The Bertz CT molecular complexity index is 614. The van der Waals surface area contributed by atoms with Crippen LogP contribution in [0.2, 0.25) is 0 Å². The zero-order chi connectivity index (χ0) is 17.4. The van der Waals surface area contributed by atoms with Crippen LogP contribution in [-0.2, 0) is 9.59 Å². The molecule has 0 aliphatic heterocycles. The van der Waals surface area contributed by atoms with E-state index in [9.17, 15) is 19.2 Å². The van der Waals surface area contributed by atoms with Crippen LogP contribution in [0.25, 0.3) is 0 Å². The van der Waals surface area contributed by atoms with Gasteiger partial charge in [0.2, 0.25) is 0 Å². The van der Waals surface area contributed by atoms with Crippen molar-refractivity contribution in [1.82, 2.24) is 10.6 Å². The van der Waals surface area contributed by atoms with E-state index < -0.39 is 36.2 Å². The third kappa shape index (κ3) is 5.42. The first-order valence-corrected chi connectivity index (χ1v) is 6.99. The van der Waals surface area contributed by atoms with E-state index in [1.165, 1.54) is 12.1 Å². The largest absolute Gasteiger partial charge is 0.481 e. The summed E-state index contributed by atoms with van der Waals surface area (Å²) in [7, 11) is 0. The van der Waals surface area contributed by atoms with Gasteiger partial charge in [0.15, 0.2) is 0 Å². The lowest BCUT2D eigenvalue weighted by Crippen LogP contribution is -2.41. The molecule has 8 nitrogen and oxygen atoms in total. The van der Waals surface area contributed by atoms with Crippen LogP contribution in [0.15, 0.2) is 24.3 Å². The monoisotopic (exact) mass is 322 g/mol. The lowest BCUT2D eigenvalue weighted by molar-refractivity contribution is -0.140. The number of carboxylic acid groups (broad SMARTS) is 2. The number of benzene rings is 1. The minimum absolute atomic E-state index is 0.0278. The lowest BCUT2D eigenvalue weighted by atomic mass is 10.0. The molecular weight excluding hydrogens is 304 g/mol. The lowest BCUT2D eigenvalue weighted by Gasteiger charge is -2.15. The molecule has 124 valence electrons. The zero-order valence-electron chi connectivity index (χ0n) is 12.5. The maximum atomic E-state index is 12.2. The Labute approximate surface area is 132 Å². The quantitative estimate of drug-likeness (QED) is 0.550. The summed E-state index contributed by atoms with van der Waals surface area (Å²) in [5.74, 6) is -3.69. The summed E-state index contributed by atoms with van der Waals surface area (Å²) in [6.45, 7) is 2.11. The van der Waals surface area contributed by atoms with Crippen molar-refractivity contribution >= 4 is 23.8 Å². The Morgan fingerprint density at radius 2 is 1.61 bits per heavy atom. The average molecular weight is 322 g/mol. The SMILES string of the molecule is CCNC(=O)c1ccccc1C(=O)N[C@@H](CCC(=O)O)C(=O)O. The molecule has 8 heteroatoms. The molecule has 0 unspecified atom stereocenters. The van der Waals surface area contributed by atoms with E-state index in [2.05, 4.69) is 10.6 Å². The summed E-state index contributed by atoms with van der Waals surface area (Å²) in [4.78, 5) is 45.8. The molecule has 0 radical (unpaired) electrons. The number of hydrogen-bond donors (Lipinski definition) is 4. The van der Waals surface area contributed by atoms with Crippen molar-refractivity contribution in [2.24, 2.45) is 0 Å². The van der Waals surface area contributed by atoms with Crippen LogP contribution in [0.3, 0.4) is 0 Å². The second kappa shape index (κ2) is 8.52. The first-order chi connectivity index (χ1) is 10.9. The van der Waals surface area contributed by atoms with Gasteiger partial charge in [-0.3, -0.25) is 14.4 Å². The molecule has 0 aliphatic rings. The third-order valence-electron chi connectivity index (χ3n) is 3.00. The maximum absolute atomic E-state index is 12.2. The van der Waals surface area contributed by atoms with Gasteiger partial charge in [-0.25, -0.2) is 4.79 Å². The smallest absolute Gasteiger partial charge is 0.326 e. The highest BCUT2D eigenvalue weighted by atomic mass is 16.4. The van der Waals surface area contributed by atoms with Crippen LogP contribution in [-0.4, -0.2) is 46.6 Å². The van der Waals surface area contributed by atoms with Crippen molar-refractivity contribution in [3.05, 3.63) is 35.4 Å². The molecule has 0 fully saturated rings. The molecule has 0 aromatic heterocycles. The molecule has 1 aromatic rings. The summed E-state index contributed by atoms with van der Waals surface area (Å²) in [5, 5.41) is 22.5. The summed E-state index contributed by atoms with van der Waals surface area (Å²) < 4.78 is 0. The second-order valence-corrected chi connectivity index (χ2v) is 4.70. The van der Waals surface area contributed by atoms with Gasteiger partial charge in [-0.2, -0.15) is 0 Å². The second-order valence-electron chi connectivity index (χ2n) is 4.70. The molecule has 4 N–H and O–H groups in total. The molecule has 0 aliphatic carbocycles. The van der Waals surface area contributed by atoms with Crippen LogP contribution >= 0.6 is 0 Å². The van der Waals surface area contributed by atoms with Crippen LogP contribution in [0, 0.1) is 0 Å². The molecule has 1 aromatic carbocycles. The number of carbonyl (C=O) groups excluding carboxylic acids is 2. The van der Waals surface area contributed by atoms with Crippen molar-refractivity contribution in [3.63, 3.8) is 0 Å². The zero-order valence-corrected chi connectivity index (χ0v) is 12.5. The first kappa shape index (κ1) is 18.1. The summed E-state index contributed by atoms with van der Waals surface area (Å²) in [6, 6.07) is 4.63. The number of carbonyl (C=O) groups is 4. The van der Waals surface area contributed by atoms with Crippen molar-refractivity contribution in [2.75, 3.05) is 6.54 Å². The number of amides is 2. The van der Waals surface area contributed by atoms with Gasteiger partial charge in [0.05, 0.1) is 11.1 Å². The van der Waals surface area contributed by atoms with E-state index in [4.69, 9.17) is 10.2 Å². The topological polar surface area (TPSA) is 133 Å². The maximum Gasteiger partial charge on any atom is 0.326 e. The van der Waals surface area contributed by atoms with E-state index in [0.717, 1.165) is 0 Å². The molecule has 0 saturated heterocycles. The molecule has 23 heavy (non-hydrogen) atoms. The number of hydrogen-bond acceptors (Lipinski definition) is 4. The number of carboxylic acids is 2. The predicted molar refractivity (Wildman–Crippen MR) is 80.2 cm³/mol. The summed E-state index contributed by atoms with van der Waals surface area (Å²) in [6.07, 6.45) is -0.644. The van der Waals surface area contributed by atoms with Gasteiger partial charge < -0.3 is 20.8 Å². The Morgan fingerprint density at radius 1 is 1.04 bits per heavy atom. The van der Waals surface area contributed by atoms with Crippen LogP contribution in [0.5, 0.6) is 0 Å². The predicted octanol–water partition coefficient (Wildman–Crippen LogP) is 0.484. The van der Waals surface area contributed by atoms with Crippen LogP contribution < -0.4 is 10.6 Å². The van der Waals surface area contributed by atoms with E-state index in [0.29, 0.717) is 6.54 Å². The Kier molecular flexibility index (Phi) is 6.72. The number of nitrogens with one attached hydrogen (secondary N) is 2. The van der Waals surface area contributed by atoms with Gasteiger partial charge in [-0.1, -0.05) is 12.1 Å². The van der Waals surface area contributed by atoms with E-state index in [1.807, 2.05) is 0 Å². The first-order valence-electron chi connectivity index (χ1n) is 6.99. The van der Waals surface area contributed by atoms with Gasteiger partial charge in [-0.15, -0.1) is 0 Å². The van der Waals surface area contributed by atoms with Gasteiger partial charge in [0, 0.05) is 13.0 Å². The number of aliphatic carboxylic acids is 2. The van der Waals surface area contributed by atoms with Crippen molar-refractivity contribution in [1.29, 1.82) is 0 Å². The van der Waals surface area contributed by atoms with Crippen LogP contribution in [0.4, 0.5) is 0 Å². The molecule has 1 rings (SSSR count). The highest BCUT2D eigenvalue weighted by Crippen LogP contribution is 2.10.